The van der Waals surface area contributed by atoms with Gasteiger partial charge in [-0.2, -0.15) is 0 Å². The van der Waals surface area contributed by atoms with Crippen LogP contribution in [-0.2, 0) is 9.53 Å². The summed E-state index contributed by atoms with van der Waals surface area (Å²) in [6.45, 7) is 6.29. The molecular weight excluding hydrogens is 376 g/mol. The van der Waals surface area contributed by atoms with E-state index >= 15 is 0 Å². The molecule has 156 valence electrons. The Morgan fingerprint density at radius 1 is 1.34 bits per heavy atom. The molecular formula is C20H26N4O5. The quantitative estimate of drug-likeness (QED) is 0.429. The molecule has 0 saturated carbocycles. The topological polar surface area (TPSA) is 114 Å². The first-order valence-corrected chi connectivity index (χ1v) is 9.83. The van der Waals surface area contributed by atoms with Gasteiger partial charge in [-0.1, -0.05) is 19.1 Å². The van der Waals surface area contributed by atoms with Gasteiger partial charge in [-0.25, -0.2) is 9.59 Å². The molecule has 2 aliphatic heterocycles. The number of urea groups is 1. The zero-order chi connectivity index (χ0) is 21.0. The van der Waals surface area contributed by atoms with E-state index in [1.807, 2.05) is 0 Å². The van der Waals surface area contributed by atoms with Crippen molar-refractivity contribution in [1.29, 1.82) is 0 Å². The van der Waals surface area contributed by atoms with Crippen LogP contribution in [0.4, 0.5) is 10.5 Å². The molecule has 1 saturated heterocycles. The summed E-state index contributed by atoms with van der Waals surface area (Å²) in [5.74, 6) is 0.113. The van der Waals surface area contributed by atoms with E-state index < -0.39 is 23.0 Å². The molecule has 2 aliphatic rings. The molecule has 9 heteroatoms. The number of nitro benzene ring substituents is 1. The molecule has 2 heterocycles. The van der Waals surface area contributed by atoms with E-state index in [1.165, 1.54) is 18.2 Å². The van der Waals surface area contributed by atoms with Gasteiger partial charge in [0.1, 0.15) is 0 Å². The highest BCUT2D eigenvalue weighted by atomic mass is 16.6. The summed E-state index contributed by atoms with van der Waals surface area (Å²) in [6.07, 6.45) is 2.12. The molecule has 9 nitrogen and oxygen atoms in total. The minimum Gasteiger partial charge on any atom is -0.463 e. The molecule has 2 amide bonds. The smallest absolute Gasteiger partial charge is 0.338 e. The summed E-state index contributed by atoms with van der Waals surface area (Å²) in [5, 5.41) is 16.6. The molecule has 0 unspecified atom stereocenters. The molecule has 0 spiro atoms. The molecule has 29 heavy (non-hydrogen) atoms. The zero-order valence-electron chi connectivity index (χ0n) is 16.6. The van der Waals surface area contributed by atoms with Crippen LogP contribution < -0.4 is 10.6 Å². The molecule has 3 rings (SSSR count). The van der Waals surface area contributed by atoms with Gasteiger partial charge in [-0.05, 0) is 44.3 Å². The fraction of sp³-hybridized carbons (Fsp3) is 0.500. The Kier molecular flexibility index (Phi) is 6.48. The summed E-state index contributed by atoms with van der Waals surface area (Å²) in [5.41, 5.74) is 1.12. The molecule has 0 bridgehead atoms. The van der Waals surface area contributed by atoms with E-state index in [9.17, 15) is 19.7 Å². The number of rotatable bonds is 6. The molecule has 1 atom stereocenters. The van der Waals surface area contributed by atoms with Gasteiger partial charge in [-0.3, -0.25) is 15.0 Å². The van der Waals surface area contributed by atoms with Crippen LogP contribution in [0.3, 0.4) is 0 Å². The van der Waals surface area contributed by atoms with Gasteiger partial charge in [0.05, 0.1) is 23.1 Å². The third kappa shape index (κ3) is 4.92. The van der Waals surface area contributed by atoms with Gasteiger partial charge in [0, 0.05) is 24.4 Å². The number of ether oxygens (including phenoxy) is 1. The Bertz CT molecular complexity index is 830. The monoisotopic (exact) mass is 402 g/mol. The maximum absolute atomic E-state index is 12.8. The Morgan fingerprint density at radius 2 is 2.07 bits per heavy atom. The van der Waals surface area contributed by atoms with Crippen molar-refractivity contribution in [2.24, 2.45) is 5.92 Å². The normalized spacial score (nSPS) is 20.8. The second kappa shape index (κ2) is 9.04. The lowest BCUT2D eigenvalue weighted by atomic mass is 9.94. The third-order valence-electron chi connectivity index (χ3n) is 5.32. The number of nitrogens with zero attached hydrogens (tertiary/aromatic N) is 2. The Labute approximate surface area is 169 Å². The average molecular weight is 402 g/mol. The number of piperidine rings is 1. The van der Waals surface area contributed by atoms with Gasteiger partial charge in [0.25, 0.3) is 5.69 Å². The molecule has 2 N–H and O–H groups in total. The molecule has 1 aromatic carbocycles. The van der Waals surface area contributed by atoms with Crippen LogP contribution in [-0.4, -0.2) is 48.1 Å². The number of carbonyl (C=O) groups is 2. The van der Waals surface area contributed by atoms with E-state index in [0.717, 1.165) is 25.9 Å². The summed E-state index contributed by atoms with van der Waals surface area (Å²) in [6, 6.07) is 4.67. The molecule has 0 aromatic heterocycles. The van der Waals surface area contributed by atoms with E-state index in [1.54, 1.807) is 13.0 Å². The highest BCUT2D eigenvalue weighted by Gasteiger charge is 2.35. The van der Waals surface area contributed by atoms with Crippen molar-refractivity contribution in [2.45, 2.75) is 32.7 Å². The lowest BCUT2D eigenvalue weighted by molar-refractivity contribution is -0.384. The van der Waals surface area contributed by atoms with Crippen LogP contribution >= 0.6 is 0 Å². The van der Waals surface area contributed by atoms with Crippen molar-refractivity contribution in [1.82, 2.24) is 15.5 Å². The maximum Gasteiger partial charge on any atom is 0.338 e. The number of nitrogens with one attached hydrogen (secondary N) is 2. The minimum absolute atomic E-state index is 0.106. The van der Waals surface area contributed by atoms with Crippen LogP contribution in [0, 0.1) is 16.0 Å². The van der Waals surface area contributed by atoms with Crippen LogP contribution in [0.25, 0.3) is 0 Å². The van der Waals surface area contributed by atoms with Gasteiger partial charge in [0.15, 0.2) is 0 Å². The summed E-state index contributed by atoms with van der Waals surface area (Å²) >= 11 is 0. The first-order chi connectivity index (χ1) is 13.9. The number of nitro groups is 1. The predicted octanol–water partition coefficient (Wildman–Crippen LogP) is 2.50. The largest absolute Gasteiger partial charge is 0.463 e. The van der Waals surface area contributed by atoms with Crippen molar-refractivity contribution >= 4 is 17.7 Å². The van der Waals surface area contributed by atoms with Crippen LogP contribution in [0.15, 0.2) is 35.5 Å². The predicted molar refractivity (Wildman–Crippen MR) is 106 cm³/mol. The Morgan fingerprint density at radius 3 is 2.72 bits per heavy atom. The van der Waals surface area contributed by atoms with E-state index in [4.69, 9.17) is 4.74 Å². The third-order valence-corrected chi connectivity index (χ3v) is 5.32. The summed E-state index contributed by atoms with van der Waals surface area (Å²) in [4.78, 5) is 38.0. The average Bonchev–Trinajstić information content (AvgIpc) is 2.69. The van der Waals surface area contributed by atoms with Crippen molar-refractivity contribution in [3.05, 3.63) is 51.2 Å². The highest BCUT2D eigenvalue weighted by Crippen LogP contribution is 2.30. The lowest BCUT2D eigenvalue weighted by Crippen LogP contribution is -2.49. The van der Waals surface area contributed by atoms with E-state index in [0.29, 0.717) is 23.7 Å². The van der Waals surface area contributed by atoms with Crippen molar-refractivity contribution in [3.63, 3.8) is 0 Å². The number of hydrogen-bond donors (Lipinski definition) is 2. The number of carbonyl (C=O) groups excluding carboxylic acids is 2. The minimum atomic E-state index is -0.818. The summed E-state index contributed by atoms with van der Waals surface area (Å²) in [7, 11) is 0. The van der Waals surface area contributed by atoms with Crippen LogP contribution in [0.5, 0.6) is 0 Å². The van der Waals surface area contributed by atoms with Gasteiger partial charge in [-0.15, -0.1) is 0 Å². The molecule has 0 aliphatic carbocycles. The SMILES string of the molecule is CCOC(=O)C1=C(CN2CCC(C)CC2)NC(=O)N[C@H]1c1cccc([N+](=O)[O-])c1. The van der Waals surface area contributed by atoms with E-state index in [-0.39, 0.29) is 17.9 Å². The number of hydrogen-bond acceptors (Lipinski definition) is 6. The van der Waals surface area contributed by atoms with Crippen molar-refractivity contribution in [3.8, 4) is 0 Å². The van der Waals surface area contributed by atoms with Gasteiger partial charge < -0.3 is 15.4 Å². The first-order valence-electron chi connectivity index (χ1n) is 9.83. The van der Waals surface area contributed by atoms with Crippen molar-refractivity contribution < 1.29 is 19.2 Å². The number of benzene rings is 1. The van der Waals surface area contributed by atoms with Gasteiger partial charge in [0.2, 0.25) is 0 Å². The second-order valence-electron chi connectivity index (χ2n) is 7.45. The standard InChI is InChI=1S/C20H26N4O5/c1-3-29-19(25)17-16(12-23-9-7-13(2)8-10-23)21-20(26)22-18(17)14-5-4-6-15(11-14)24(27)28/h4-6,11,13,18H,3,7-10,12H2,1-2H3,(H2,21,22,26)/t18-/m0/s1. The number of non-ortho nitro benzene ring substituents is 1. The van der Waals surface area contributed by atoms with Gasteiger partial charge >= 0.3 is 12.0 Å². The molecule has 1 fully saturated rings. The fourth-order valence-electron chi connectivity index (χ4n) is 3.70. The summed E-state index contributed by atoms with van der Waals surface area (Å²) < 4.78 is 5.24. The van der Waals surface area contributed by atoms with Crippen molar-refractivity contribution in [2.75, 3.05) is 26.2 Å². The number of amides is 2. The molecule has 0 radical (unpaired) electrons. The highest BCUT2D eigenvalue weighted by molar-refractivity contribution is 5.95. The second-order valence-corrected chi connectivity index (χ2v) is 7.45. The zero-order valence-corrected chi connectivity index (χ0v) is 16.6. The van der Waals surface area contributed by atoms with Crippen LogP contribution in [0.2, 0.25) is 0 Å². The number of esters is 1. The molecule has 1 aromatic rings. The lowest BCUT2D eigenvalue weighted by Gasteiger charge is -2.34. The Hall–Kier alpha value is -2.94. The Balaban J connectivity index is 1.98. The first kappa shape index (κ1) is 20.8. The number of likely N-dealkylation sites (tertiary alicyclic amines) is 1. The van der Waals surface area contributed by atoms with Crippen LogP contribution in [0.1, 0.15) is 38.3 Å². The maximum atomic E-state index is 12.8. The van der Waals surface area contributed by atoms with E-state index in [2.05, 4.69) is 22.5 Å². The fourth-order valence-corrected chi connectivity index (χ4v) is 3.70.